The predicted octanol–water partition coefficient (Wildman–Crippen LogP) is 2.41. The van der Waals surface area contributed by atoms with Crippen molar-refractivity contribution in [2.24, 2.45) is 0 Å². The summed E-state index contributed by atoms with van der Waals surface area (Å²) in [5, 5.41) is 8.11. The maximum absolute atomic E-state index is 11.7. The monoisotopic (exact) mass is 233 g/mol. The van der Waals surface area contributed by atoms with Gasteiger partial charge in [0, 0.05) is 11.1 Å². The molecule has 0 spiro atoms. The minimum absolute atomic E-state index is 0.225. The molecule has 0 aliphatic heterocycles. The summed E-state index contributed by atoms with van der Waals surface area (Å²) in [5.74, 6) is -0.225. The van der Waals surface area contributed by atoms with Crippen LogP contribution in [0.2, 0.25) is 0 Å². The standard InChI is InChI=1S/C11H11N3OS/c1-7-3-4-9(5-8(7)2)12-11(15)10-6-16-14-13-10/h3-6H,1-2H3,(H,12,15). The highest BCUT2D eigenvalue weighted by molar-refractivity contribution is 7.03. The van der Waals surface area contributed by atoms with Gasteiger partial charge >= 0.3 is 0 Å². The van der Waals surface area contributed by atoms with Crippen LogP contribution in [0.3, 0.4) is 0 Å². The SMILES string of the molecule is Cc1ccc(NC(=O)c2csnn2)cc1C. The lowest BCUT2D eigenvalue weighted by atomic mass is 10.1. The lowest BCUT2D eigenvalue weighted by molar-refractivity contribution is 0.102. The number of hydrogen-bond acceptors (Lipinski definition) is 4. The molecular formula is C11H11N3OS. The van der Waals surface area contributed by atoms with Crippen molar-refractivity contribution in [2.45, 2.75) is 13.8 Å². The van der Waals surface area contributed by atoms with Crippen molar-refractivity contribution in [3.63, 3.8) is 0 Å². The summed E-state index contributed by atoms with van der Waals surface area (Å²) < 4.78 is 3.65. The first-order valence-corrected chi connectivity index (χ1v) is 5.66. The van der Waals surface area contributed by atoms with Crippen LogP contribution in [-0.2, 0) is 0 Å². The molecule has 0 saturated carbocycles. The van der Waals surface area contributed by atoms with Gasteiger partial charge in [0.15, 0.2) is 5.69 Å². The Balaban J connectivity index is 2.15. The molecule has 1 heterocycles. The average molecular weight is 233 g/mol. The van der Waals surface area contributed by atoms with E-state index in [-0.39, 0.29) is 5.91 Å². The highest BCUT2D eigenvalue weighted by Crippen LogP contribution is 2.14. The van der Waals surface area contributed by atoms with Gasteiger partial charge in [0.1, 0.15) is 0 Å². The van der Waals surface area contributed by atoms with Gasteiger partial charge in [-0.15, -0.1) is 5.10 Å². The third kappa shape index (κ3) is 2.25. The van der Waals surface area contributed by atoms with Gasteiger partial charge in [0.25, 0.3) is 5.91 Å². The Bertz CT molecular complexity index is 508. The first-order valence-electron chi connectivity index (χ1n) is 4.82. The molecule has 0 radical (unpaired) electrons. The third-order valence-electron chi connectivity index (χ3n) is 2.36. The fourth-order valence-electron chi connectivity index (χ4n) is 1.28. The van der Waals surface area contributed by atoms with Crippen molar-refractivity contribution in [2.75, 3.05) is 5.32 Å². The van der Waals surface area contributed by atoms with Crippen LogP contribution in [-0.4, -0.2) is 15.5 Å². The first kappa shape index (κ1) is 10.8. The van der Waals surface area contributed by atoms with Crippen molar-refractivity contribution in [1.82, 2.24) is 9.59 Å². The number of carbonyl (C=O) groups excluding carboxylic acids is 1. The highest BCUT2D eigenvalue weighted by atomic mass is 32.1. The molecule has 0 atom stereocenters. The zero-order valence-electron chi connectivity index (χ0n) is 9.02. The lowest BCUT2D eigenvalue weighted by Crippen LogP contribution is -2.12. The Hall–Kier alpha value is -1.75. The highest BCUT2D eigenvalue weighted by Gasteiger charge is 2.08. The van der Waals surface area contributed by atoms with Gasteiger partial charge in [-0.2, -0.15) is 0 Å². The molecule has 0 aliphatic rings. The molecule has 0 fully saturated rings. The number of carbonyl (C=O) groups is 1. The molecule has 5 heteroatoms. The van der Waals surface area contributed by atoms with Crippen LogP contribution in [0, 0.1) is 13.8 Å². The molecule has 1 amide bonds. The number of rotatable bonds is 2. The van der Waals surface area contributed by atoms with E-state index >= 15 is 0 Å². The number of nitrogens with zero attached hydrogens (tertiary/aromatic N) is 2. The number of aryl methyl sites for hydroxylation is 2. The van der Waals surface area contributed by atoms with Gasteiger partial charge in [0.2, 0.25) is 0 Å². The zero-order chi connectivity index (χ0) is 11.5. The van der Waals surface area contributed by atoms with Crippen LogP contribution < -0.4 is 5.32 Å². The van der Waals surface area contributed by atoms with Gasteiger partial charge in [0.05, 0.1) is 0 Å². The molecule has 0 bridgehead atoms. The van der Waals surface area contributed by atoms with Gasteiger partial charge in [-0.25, -0.2) is 0 Å². The Labute approximate surface area is 97.5 Å². The molecule has 1 aromatic heterocycles. The molecule has 1 aromatic carbocycles. The minimum Gasteiger partial charge on any atom is -0.321 e. The first-order chi connectivity index (χ1) is 7.66. The largest absolute Gasteiger partial charge is 0.321 e. The van der Waals surface area contributed by atoms with Crippen molar-refractivity contribution in [3.05, 3.63) is 40.4 Å². The summed E-state index contributed by atoms with van der Waals surface area (Å²) in [6.45, 7) is 4.04. The molecule has 0 saturated heterocycles. The van der Waals surface area contributed by atoms with E-state index in [1.165, 1.54) is 5.56 Å². The smallest absolute Gasteiger partial charge is 0.277 e. The van der Waals surface area contributed by atoms with Crippen LogP contribution >= 0.6 is 11.5 Å². The second kappa shape index (κ2) is 4.40. The summed E-state index contributed by atoms with van der Waals surface area (Å²) in [5.41, 5.74) is 3.48. The number of amides is 1. The summed E-state index contributed by atoms with van der Waals surface area (Å²) in [7, 11) is 0. The molecule has 0 unspecified atom stereocenters. The molecule has 2 rings (SSSR count). The number of benzene rings is 1. The molecule has 1 N–H and O–H groups in total. The van der Waals surface area contributed by atoms with E-state index < -0.39 is 0 Å². The molecule has 4 nitrogen and oxygen atoms in total. The van der Waals surface area contributed by atoms with E-state index in [1.807, 2.05) is 32.0 Å². The van der Waals surface area contributed by atoms with Crippen molar-refractivity contribution >= 4 is 23.1 Å². The van der Waals surface area contributed by atoms with Crippen LogP contribution in [0.5, 0.6) is 0 Å². The average Bonchev–Trinajstić information content (AvgIpc) is 2.77. The summed E-state index contributed by atoms with van der Waals surface area (Å²) in [6, 6.07) is 5.79. The molecule has 2 aromatic rings. The van der Waals surface area contributed by atoms with E-state index in [1.54, 1.807) is 5.38 Å². The van der Waals surface area contributed by atoms with Crippen LogP contribution in [0.4, 0.5) is 5.69 Å². The maximum atomic E-state index is 11.7. The van der Waals surface area contributed by atoms with Crippen LogP contribution in [0.15, 0.2) is 23.6 Å². The number of anilines is 1. The van der Waals surface area contributed by atoms with E-state index in [4.69, 9.17) is 0 Å². The lowest BCUT2D eigenvalue weighted by Gasteiger charge is -2.05. The second-order valence-electron chi connectivity index (χ2n) is 3.54. The summed E-state index contributed by atoms with van der Waals surface area (Å²) >= 11 is 1.16. The topological polar surface area (TPSA) is 54.9 Å². The van der Waals surface area contributed by atoms with Gasteiger partial charge in [-0.05, 0) is 48.6 Å². The summed E-state index contributed by atoms with van der Waals surface area (Å²) in [4.78, 5) is 11.7. The van der Waals surface area contributed by atoms with Gasteiger partial charge in [-0.1, -0.05) is 10.6 Å². The minimum atomic E-state index is -0.225. The van der Waals surface area contributed by atoms with E-state index in [0.29, 0.717) is 5.69 Å². The van der Waals surface area contributed by atoms with Crippen molar-refractivity contribution in [3.8, 4) is 0 Å². The van der Waals surface area contributed by atoms with Crippen molar-refractivity contribution in [1.29, 1.82) is 0 Å². The molecule has 0 aliphatic carbocycles. The maximum Gasteiger partial charge on any atom is 0.277 e. The fraction of sp³-hybridized carbons (Fsp3) is 0.182. The van der Waals surface area contributed by atoms with E-state index in [2.05, 4.69) is 14.9 Å². The predicted molar refractivity (Wildman–Crippen MR) is 63.8 cm³/mol. The van der Waals surface area contributed by atoms with Crippen LogP contribution in [0.1, 0.15) is 21.6 Å². The summed E-state index contributed by atoms with van der Waals surface area (Å²) in [6.07, 6.45) is 0. The normalized spacial score (nSPS) is 10.1. The van der Waals surface area contributed by atoms with Gasteiger partial charge < -0.3 is 5.32 Å². The number of nitrogens with one attached hydrogen (secondary N) is 1. The Morgan fingerprint density at radius 2 is 2.12 bits per heavy atom. The second-order valence-corrected chi connectivity index (χ2v) is 4.15. The van der Waals surface area contributed by atoms with Crippen molar-refractivity contribution < 1.29 is 4.79 Å². The molecular weight excluding hydrogens is 222 g/mol. The quantitative estimate of drug-likeness (QED) is 0.866. The van der Waals surface area contributed by atoms with E-state index in [0.717, 1.165) is 22.8 Å². The molecule has 82 valence electrons. The number of hydrogen-bond donors (Lipinski definition) is 1. The Kier molecular flexibility index (Phi) is 2.96. The van der Waals surface area contributed by atoms with E-state index in [9.17, 15) is 4.79 Å². The third-order valence-corrected chi connectivity index (χ3v) is 2.86. The number of aromatic nitrogens is 2. The molecule has 16 heavy (non-hydrogen) atoms. The zero-order valence-corrected chi connectivity index (χ0v) is 9.84. The Morgan fingerprint density at radius 1 is 1.31 bits per heavy atom. The fourth-order valence-corrected chi connectivity index (χ4v) is 1.71. The van der Waals surface area contributed by atoms with Crippen LogP contribution in [0.25, 0.3) is 0 Å². The van der Waals surface area contributed by atoms with Gasteiger partial charge in [-0.3, -0.25) is 4.79 Å². The Morgan fingerprint density at radius 3 is 2.75 bits per heavy atom.